The minimum absolute atomic E-state index is 0.670. The lowest BCUT2D eigenvalue weighted by atomic mass is 9.90. The van der Waals surface area contributed by atoms with Gasteiger partial charge in [0.1, 0.15) is 0 Å². The van der Waals surface area contributed by atoms with E-state index >= 15 is 0 Å². The normalized spacial score (nSPS) is 33.3. The SMILES string of the molecule is CCC1CN(C2CCCc3sccc32)C(C)CN1. The van der Waals surface area contributed by atoms with Gasteiger partial charge in [0.05, 0.1) is 0 Å². The Balaban J connectivity index is 1.82. The van der Waals surface area contributed by atoms with E-state index in [-0.39, 0.29) is 0 Å². The Labute approximate surface area is 114 Å². The summed E-state index contributed by atoms with van der Waals surface area (Å²) in [4.78, 5) is 4.40. The first-order valence-electron chi connectivity index (χ1n) is 7.35. The summed E-state index contributed by atoms with van der Waals surface area (Å²) in [5.41, 5.74) is 1.63. The first-order chi connectivity index (χ1) is 8.79. The number of fused-ring (bicyclic) bond motifs is 1. The number of nitrogens with one attached hydrogen (secondary N) is 1. The molecule has 18 heavy (non-hydrogen) atoms. The molecule has 0 saturated carbocycles. The lowest BCUT2D eigenvalue weighted by Gasteiger charge is -2.44. The van der Waals surface area contributed by atoms with Gasteiger partial charge in [-0.25, -0.2) is 0 Å². The van der Waals surface area contributed by atoms with Crippen molar-refractivity contribution in [3.63, 3.8) is 0 Å². The summed E-state index contributed by atoms with van der Waals surface area (Å²) in [6, 6.07) is 4.42. The van der Waals surface area contributed by atoms with Crippen LogP contribution >= 0.6 is 11.3 Å². The molecule has 0 aromatic carbocycles. The molecule has 3 atom stereocenters. The van der Waals surface area contributed by atoms with Gasteiger partial charge >= 0.3 is 0 Å². The molecule has 0 amide bonds. The number of thiophene rings is 1. The Morgan fingerprint density at radius 1 is 1.50 bits per heavy atom. The van der Waals surface area contributed by atoms with Gasteiger partial charge in [0.15, 0.2) is 0 Å². The third-order valence-corrected chi connectivity index (χ3v) is 5.61. The molecule has 3 rings (SSSR count). The summed E-state index contributed by atoms with van der Waals surface area (Å²) in [5.74, 6) is 0. The zero-order chi connectivity index (χ0) is 12.5. The van der Waals surface area contributed by atoms with Gasteiger partial charge in [0.25, 0.3) is 0 Å². The van der Waals surface area contributed by atoms with Crippen molar-refractivity contribution in [3.8, 4) is 0 Å². The van der Waals surface area contributed by atoms with Crippen LogP contribution in [0.15, 0.2) is 11.4 Å². The molecular weight excluding hydrogens is 240 g/mol. The lowest BCUT2D eigenvalue weighted by Crippen LogP contribution is -2.56. The maximum absolute atomic E-state index is 3.67. The third-order valence-electron chi connectivity index (χ3n) is 4.61. The Bertz CT molecular complexity index is 401. The van der Waals surface area contributed by atoms with Crippen LogP contribution in [0.25, 0.3) is 0 Å². The van der Waals surface area contributed by atoms with E-state index in [9.17, 15) is 0 Å². The summed E-state index contributed by atoms with van der Waals surface area (Å²) in [6.45, 7) is 7.04. The lowest BCUT2D eigenvalue weighted by molar-refractivity contribution is 0.0802. The second-order valence-corrected chi connectivity index (χ2v) is 6.77. The van der Waals surface area contributed by atoms with Crippen LogP contribution in [0.2, 0.25) is 0 Å². The Morgan fingerprint density at radius 3 is 3.22 bits per heavy atom. The van der Waals surface area contributed by atoms with Crippen LogP contribution in [-0.2, 0) is 6.42 Å². The molecule has 2 heterocycles. The number of hydrogen-bond donors (Lipinski definition) is 1. The molecule has 1 aromatic heterocycles. The van der Waals surface area contributed by atoms with Crippen molar-refractivity contribution in [1.82, 2.24) is 10.2 Å². The number of rotatable bonds is 2. The molecule has 1 aliphatic heterocycles. The van der Waals surface area contributed by atoms with E-state index in [1.165, 1.54) is 32.2 Å². The van der Waals surface area contributed by atoms with Gasteiger partial charge in [-0.3, -0.25) is 4.90 Å². The molecule has 0 spiro atoms. The molecule has 2 nitrogen and oxygen atoms in total. The van der Waals surface area contributed by atoms with Crippen molar-refractivity contribution in [1.29, 1.82) is 0 Å². The Morgan fingerprint density at radius 2 is 2.39 bits per heavy atom. The van der Waals surface area contributed by atoms with Gasteiger partial charge in [0.2, 0.25) is 0 Å². The van der Waals surface area contributed by atoms with Crippen LogP contribution in [-0.4, -0.2) is 30.1 Å². The van der Waals surface area contributed by atoms with Gasteiger partial charge in [-0.15, -0.1) is 11.3 Å². The molecule has 3 heteroatoms. The van der Waals surface area contributed by atoms with Crippen LogP contribution in [0.1, 0.15) is 49.6 Å². The monoisotopic (exact) mass is 264 g/mol. The average molecular weight is 264 g/mol. The van der Waals surface area contributed by atoms with E-state index in [1.807, 2.05) is 11.3 Å². The largest absolute Gasteiger partial charge is 0.311 e. The van der Waals surface area contributed by atoms with Crippen LogP contribution in [0.5, 0.6) is 0 Å². The predicted molar refractivity (Wildman–Crippen MR) is 78.2 cm³/mol. The fraction of sp³-hybridized carbons (Fsp3) is 0.733. The molecule has 0 bridgehead atoms. The molecule has 100 valence electrons. The number of piperazine rings is 1. The standard InChI is InChI=1S/C15H24N2S/c1-3-12-10-17(11(2)9-16-12)14-5-4-6-15-13(14)7-8-18-15/h7-8,11-12,14,16H,3-6,9-10H2,1-2H3. The van der Waals surface area contributed by atoms with Crippen molar-refractivity contribution in [2.75, 3.05) is 13.1 Å². The first kappa shape index (κ1) is 12.6. The second-order valence-electron chi connectivity index (χ2n) is 5.77. The fourth-order valence-electron chi connectivity index (χ4n) is 3.47. The molecule has 1 fully saturated rings. The smallest absolute Gasteiger partial charge is 0.0363 e. The summed E-state index contributed by atoms with van der Waals surface area (Å²) in [7, 11) is 0. The van der Waals surface area contributed by atoms with Gasteiger partial charge in [-0.05, 0) is 49.6 Å². The molecular formula is C15H24N2S. The van der Waals surface area contributed by atoms with Gasteiger partial charge in [-0.2, -0.15) is 0 Å². The molecule has 1 aliphatic carbocycles. The van der Waals surface area contributed by atoms with Gasteiger partial charge < -0.3 is 5.32 Å². The van der Waals surface area contributed by atoms with Crippen molar-refractivity contribution in [2.24, 2.45) is 0 Å². The maximum atomic E-state index is 3.67. The highest BCUT2D eigenvalue weighted by Crippen LogP contribution is 2.38. The van der Waals surface area contributed by atoms with E-state index in [4.69, 9.17) is 0 Å². The summed E-state index contributed by atoms with van der Waals surface area (Å²) in [6.07, 6.45) is 5.27. The zero-order valence-electron chi connectivity index (χ0n) is 11.5. The molecule has 1 aromatic rings. The van der Waals surface area contributed by atoms with E-state index in [2.05, 4.69) is 35.5 Å². The van der Waals surface area contributed by atoms with Crippen LogP contribution in [0, 0.1) is 0 Å². The zero-order valence-corrected chi connectivity index (χ0v) is 12.3. The highest BCUT2D eigenvalue weighted by Gasteiger charge is 2.33. The van der Waals surface area contributed by atoms with Gasteiger partial charge in [-0.1, -0.05) is 6.92 Å². The number of nitrogens with zero attached hydrogens (tertiary/aromatic N) is 1. The van der Waals surface area contributed by atoms with E-state index < -0.39 is 0 Å². The summed E-state index contributed by atoms with van der Waals surface area (Å²) in [5, 5.41) is 5.95. The van der Waals surface area contributed by atoms with Crippen molar-refractivity contribution >= 4 is 11.3 Å². The Hall–Kier alpha value is -0.380. The fourth-order valence-corrected chi connectivity index (χ4v) is 4.45. The molecule has 0 radical (unpaired) electrons. The highest BCUT2D eigenvalue weighted by atomic mass is 32.1. The third kappa shape index (κ3) is 2.24. The molecule has 3 unspecified atom stereocenters. The van der Waals surface area contributed by atoms with Crippen molar-refractivity contribution in [3.05, 3.63) is 21.9 Å². The first-order valence-corrected chi connectivity index (χ1v) is 8.23. The predicted octanol–water partition coefficient (Wildman–Crippen LogP) is 3.20. The molecule has 2 aliphatic rings. The minimum Gasteiger partial charge on any atom is -0.311 e. The Kier molecular flexibility index (Phi) is 3.73. The maximum Gasteiger partial charge on any atom is 0.0363 e. The summed E-state index contributed by atoms with van der Waals surface area (Å²) < 4.78 is 0. The van der Waals surface area contributed by atoms with Crippen molar-refractivity contribution in [2.45, 2.75) is 57.7 Å². The number of hydrogen-bond acceptors (Lipinski definition) is 3. The minimum atomic E-state index is 0.670. The van der Waals surface area contributed by atoms with E-state index in [1.54, 1.807) is 10.4 Å². The van der Waals surface area contributed by atoms with E-state index in [0.29, 0.717) is 18.1 Å². The van der Waals surface area contributed by atoms with Crippen molar-refractivity contribution < 1.29 is 0 Å². The summed E-state index contributed by atoms with van der Waals surface area (Å²) >= 11 is 1.96. The second kappa shape index (κ2) is 5.32. The van der Waals surface area contributed by atoms with E-state index in [0.717, 1.165) is 6.54 Å². The highest BCUT2D eigenvalue weighted by molar-refractivity contribution is 7.10. The van der Waals surface area contributed by atoms with Crippen LogP contribution in [0.4, 0.5) is 0 Å². The van der Waals surface area contributed by atoms with Crippen LogP contribution < -0.4 is 5.32 Å². The van der Waals surface area contributed by atoms with Crippen LogP contribution in [0.3, 0.4) is 0 Å². The molecule has 1 saturated heterocycles. The number of aryl methyl sites for hydroxylation is 1. The average Bonchev–Trinajstić information content (AvgIpc) is 2.87. The molecule has 1 N–H and O–H groups in total. The van der Waals surface area contributed by atoms with Gasteiger partial charge in [0, 0.05) is 36.1 Å². The quantitative estimate of drug-likeness (QED) is 0.882. The topological polar surface area (TPSA) is 15.3 Å².